The highest BCUT2D eigenvalue weighted by Crippen LogP contribution is 2.32. The zero-order valence-electron chi connectivity index (χ0n) is 18.6. The molecule has 0 radical (unpaired) electrons. The fourth-order valence-corrected chi connectivity index (χ4v) is 3.06. The molecule has 7 nitrogen and oxygen atoms in total. The number of amides is 2. The number of halogens is 2. The maximum Gasteiger partial charge on any atom is 0.272 e. The standard InChI is InChI=1S/C25H28F2N2O5/c26-23(27)16-34-21-7-3-18(4-8-21)15-22(25(32)28-12-13-30)29-24(31)19-5-9-20(10-6-19)33-14-11-17-1-2-17/h3-10,15,17,23,30H,1-2,11-14,16H2,(H,28,32)(H,29,31). The van der Waals surface area contributed by atoms with Crippen LogP contribution in [-0.2, 0) is 4.79 Å². The molecule has 3 N–H and O–H groups in total. The Labute approximate surface area is 196 Å². The molecule has 2 aromatic carbocycles. The molecule has 1 saturated carbocycles. The van der Waals surface area contributed by atoms with Gasteiger partial charge in [0.15, 0.2) is 0 Å². The molecule has 0 unspecified atom stereocenters. The molecule has 1 fully saturated rings. The number of carbonyl (C=O) groups excluding carboxylic acids is 2. The van der Waals surface area contributed by atoms with Crippen LogP contribution >= 0.6 is 0 Å². The number of aliphatic hydroxyl groups excluding tert-OH is 1. The van der Waals surface area contributed by atoms with Crippen molar-refractivity contribution in [2.24, 2.45) is 5.92 Å². The highest BCUT2D eigenvalue weighted by molar-refractivity contribution is 6.05. The second-order valence-electron chi connectivity index (χ2n) is 7.87. The van der Waals surface area contributed by atoms with Gasteiger partial charge >= 0.3 is 0 Å². The monoisotopic (exact) mass is 474 g/mol. The van der Waals surface area contributed by atoms with Crippen LogP contribution in [0, 0.1) is 5.92 Å². The van der Waals surface area contributed by atoms with Gasteiger partial charge in [-0.15, -0.1) is 0 Å². The van der Waals surface area contributed by atoms with E-state index in [4.69, 9.17) is 14.6 Å². The molecule has 182 valence electrons. The van der Waals surface area contributed by atoms with Crippen LogP contribution in [0.5, 0.6) is 11.5 Å². The van der Waals surface area contributed by atoms with Gasteiger partial charge in [-0.3, -0.25) is 9.59 Å². The van der Waals surface area contributed by atoms with Crippen molar-refractivity contribution in [2.45, 2.75) is 25.7 Å². The number of alkyl halides is 2. The summed E-state index contributed by atoms with van der Waals surface area (Å²) in [6.07, 6.45) is 2.41. The third kappa shape index (κ3) is 8.47. The number of rotatable bonds is 13. The van der Waals surface area contributed by atoms with Crippen molar-refractivity contribution in [2.75, 3.05) is 26.4 Å². The summed E-state index contributed by atoms with van der Waals surface area (Å²) >= 11 is 0. The smallest absolute Gasteiger partial charge is 0.272 e. The molecule has 0 saturated heterocycles. The molecule has 0 heterocycles. The largest absolute Gasteiger partial charge is 0.494 e. The van der Waals surface area contributed by atoms with E-state index in [0.717, 1.165) is 12.3 Å². The van der Waals surface area contributed by atoms with E-state index in [2.05, 4.69) is 10.6 Å². The van der Waals surface area contributed by atoms with Gasteiger partial charge in [-0.2, -0.15) is 0 Å². The van der Waals surface area contributed by atoms with Crippen molar-refractivity contribution in [3.8, 4) is 11.5 Å². The minimum absolute atomic E-state index is 0.0132. The Hall–Kier alpha value is -3.46. The van der Waals surface area contributed by atoms with Crippen LogP contribution < -0.4 is 20.1 Å². The molecule has 2 aromatic rings. The summed E-state index contributed by atoms with van der Waals surface area (Å²) in [7, 11) is 0. The molecule has 9 heteroatoms. The first kappa shape index (κ1) is 25.2. The van der Waals surface area contributed by atoms with Gasteiger partial charge in [0.25, 0.3) is 18.2 Å². The Morgan fingerprint density at radius 1 is 1.03 bits per heavy atom. The molecule has 1 aliphatic rings. The SMILES string of the molecule is O=C(NCCO)C(=Cc1ccc(OCC(F)F)cc1)NC(=O)c1ccc(OCCC2CC2)cc1. The number of hydrogen-bond acceptors (Lipinski definition) is 5. The van der Waals surface area contributed by atoms with Crippen LogP contribution in [0.1, 0.15) is 35.2 Å². The summed E-state index contributed by atoms with van der Waals surface area (Å²) in [4.78, 5) is 25.3. The second-order valence-corrected chi connectivity index (χ2v) is 7.87. The van der Waals surface area contributed by atoms with Gasteiger partial charge in [-0.25, -0.2) is 8.78 Å². The van der Waals surface area contributed by atoms with Crippen LogP contribution in [-0.4, -0.2) is 49.7 Å². The van der Waals surface area contributed by atoms with Crippen molar-refractivity contribution < 1.29 is 33.0 Å². The van der Waals surface area contributed by atoms with Gasteiger partial charge in [0.1, 0.15) is 23.8 Å². The lowest BCUT2D eigenvalue weighted by Crippen LogP contribution is -2.36. The summed E-state index contributed by atoms with van der Waals surface area (Å²) in [6.45, 7) is -0.324. The summed E-state index contributed by atoms with van der Waals surface area (Å²) in [6, 6.07) is 12.7. The van der Waals surface area contributed by atoms with E-state index in [0.29, 0.717) is 23.5 Å². The lowest BCUT2D eigenvalue weighted by atomic mass is 10.1. The average Bonchev–Trinajstić information content (AvgIpc) is 3.66. The first-order chi connectivity index (χ1) is 16.4. The van der Waals surface area contributed by atoms with E-state index < -0.39 is 24.8 Å². The van der Waals surface area contributed by atoms with Gasteiger partial charge in [0.05, 0.1) is 13.2 Å². The fourth-order valence-electron chi connectivity index (χ4n) is 3.06. The van der Waals surface area contributed by atoms with Crippen LogP contribution in [0.3, 0.4) is 0 Å². The van der Waals surface area contributed by atoms with Crippen molar-refractivity contribution >= 4 is 17.9 Å². The Morgan fingerprint density at radius 2 is 1.68 bits per heavy atom. The molecule has 34 heavy (non-hydrogen) atoms. The van der Waals surface area contributed by atoms with Crippen molar-refractivity contribution in [1.29, 1.82) is 0 Å². The quantitative estimate of drug-likeness (QED) is 0.387. The Kier molecular flexibility index (Phi) is 9.40. The maximum atomic E-state index is 12.7. The Bertz CT molecular complexity index is 974. The van der Waals surface area contributed by atoms with Crippen molar-refractivity contribution in [3.05, 3.63) is 65.4 Å². The zero-order valence-corrected chi connectivity index (χ0v) is 18.6. The lowest BCUT2D eigenvalue weighted by Gasteiger charge is -2.12. The predicted molar refractivity (Wildman–Crippen MR) is 123 cm³/mol. The van der Waals surface area contributed by atoms with E-state index >= 15 is 0 Å². The van der Waals surface area contributed by atoms with Crippen LogP contribution in [0.4, 0.5) is 8.78 Å². The Balaban J connectivity index is 1.66. The fraction of sp³-hybridized carbons (Fsp3) is 0.360. The third-order valence-electron chi connectivity index (χ3n) is 5.07. The molecule has 0 atom stereocenters. The molecule has 0 bridgehead atoms. The van der Waals surface area contributed by atoms with Crippen LogP contribution in [0.15, 0.2) is 54.2 Å². The van der Waals surface area contributed by atoms with Gasteiger partial charge in [-0.1, -0.05) is 25.0 Å². The number of carbonyl (C=O) groups is 2. The zero-order chi connectivity index (χ0) is 24.3. The van der Waals surface area contributed by atoms with E-state index in [1.54, 1.807) is 36.4 Å². The highest BCUT2D eigenvalue weighted by atomic mass is 19.3. The van der Waals surface area contributed by atoms with Gasteiger partial charge in [0, 0.05) is 12.1 Å². The number of ether oxygens (including phenoxy) is 2. The second kappa shape index (κ2) is 12.7. The minimum atomic E-state index is -2.58. The van der Waals surface area contributed by atoms with Crippen molar-refractivity contribution in [1.82, 2.24) is 10.6 Å². The van der Waals surface area contributed by atoms with E-state index in [1.807, 2.05) is 0 Å². The summed E-state index contributed by atoms with van der Waals surface area (Å²) in [5.41, 5.74) is 0.842. The number of aliphatic hydroxyl groups is 1. The number of hydrogen-bond donors (Lipinski definition) is 3. The lowest BCUT2D eigenvalue weighted by molar-refractivity contribution is -0.117. The highest BCUT2D eigenvalue weighted by Gasteiger charge is 2.20. The Morgan fingerprint density at radius 3 is 2.29 bits per heavy atom. The van der Waals surface area contributed by atoms with E-state index in [9.17, 15) is 18.4 Å². The van der Waals surface area contributed by atoms with E-state index in [-0.39, 0.29) is 24.6 Å². The molecule has 1 aliphatic carbocycles. The van der Waals surface area contributed by atoms with Gasteiger partial charge in [0.2, 0.25) is 0 Å². The first-order valence-corrected chi connectivity index (χ1v) is 11.1. The topological polar surface area (TPSA) is 96.9 Å². The molecule has 0 spiro atoms. The first-order valence-electron chi connectivity index (χ1n) is 11.1. The molecular formula is C25H28F2N2O5. The van der Waals surface area contributed by atoms with Crippen LogP contribution in [0.2, 0.25) is 0 Å². The molecular weight excluding hydrogens is 446 g/mol. The molecule has 2 amide bonds. The van der Waals surface area contributed by atoms with Gasteiger partial charge < -0.3 is 25.2 Å². The predicted octanol–water partition coefficient (Wildman–Crippen LogP) is 3.39. The minimum Gasteiger partial charge on any atom is -0.494 e. The normalized spacial score (nSPS) is 13.5. The average molecular weight is 475 g/mol. The third-order valence-corrected chi connectivity index (χ3v) is 5.07. The van der Waals surface area contributed by atoms with Crippen molar-refractivity contribution in [3.63, 3.8) is 0 Å². The molecule has 3 rings (SSSR count). The molecule has 0 aromatic heterocycles. The maximum absolute atomic E-state index is 12.7. The van der Waals surface area contributed by atoms with E-state index in [1.165, 1.54) is 31.1 Å². The van der Waals surface area contributed by atoms with Crippen LogP contribution in [0.25, 0.3) is 6.08 Å². The molecule has 0 aliphatic heterocycles. The van der Waals surface area contributed by atoms with Gasteiger partial charge in [-0.05, 0) is 60.4 Å². The summed E-state index contributed by atoms with van der Waals surface area (Å²) < 4.78 is 35.2. The number of nitrogens with one attached hydrogen (secondary N) is 2. The number of benzene rings is 2. The summed E-state index contributed by atoms with van der Waals surface area (Å²) in [5, 5.41) is 14.1. The summed E-state index contributed by atoms with van der Waals surface area (Å²) in [5.74, 6) is 0.621.